The fourth-order valence-corrected chi connectivity index (χ4v) is 1.43. The van der Waals surface area contributed by atoms with Crippen LogP contribution in [0.2, 0.25) is 0 Å². The normalized spacial score (nSPS) is 10.1. The van der Waals surface area contributed by atoms with Crippen molar-refractivity contribution < 1.29 is 0 Å². The van der Waals surface area contributed by atoms with Gasteiger partial charge < -0.3 is 5.73 Å². The fraction of sp³-hybridized carbons (Fsp3) is 0. The van der Waals surface area contributed by atoms with E-state index in [1.807, 2.05) is 18.2 Å². The molecule has 0 fully saturated rings. The number of hydrogen-bond acceptors (Lipinski definition) is 3. The van der Waals surface area contributed by atoms with E-state index in [1.54, 1.807) is 18.6 Å². The smallest absolute Gasteiger partial charge is 0.0730 e. The lowest BCUT2D eigenvalue weighted by Crippen LogP contribution is -1.90. The Balaban J connectivity index is 2.48. The molecule has 0 unspecified atom stereocenters. The fourth-order valence-electron chi connectivity index (χ4n) is 1.11. The van der Waals surface area contributed by atoms with Crippen LogP contribution in [0.3, 0.4) is 0 Å². The number of halogens is 1. The molecule has 0 aliphatic rings. The number of nitrogens with two attached hydrogens (primary N) is 1. The molecule has 2 heterocycles. The molecule has 3 nitrogen and oxygen atoms in total. The molecule has 2 N–H and O–H groups in total. The first kappa shape index (κ1) is 9.15. The first-order valence-electron chi connectivity index (χ1n) is 4.09. The van der Waals surface area contributed by atoms with E-state index in [0.717, 1.165) is 15.7 Å². The molecule has 0 atom stereocenters. The van der Waals surface area contributed by atoms with E-state index < -0.39 is 0 Å². The van der Waals surface area contributed by atoms with E-state index >= 15 is 0 Å². The molecule has 70 valence electrons. The quantitative estimate of drug-likeness (QED) is 0.845. The van der Waals surface area contributed by atoms with Crippen LogP contribution in [0.4, 0.5) is 5.69 Å². The van der Waals surface area contributed by atoms with E-state index in [0.29, 0.717) is 5.69 Å². The number of pyridine rings is 2. The second kappa shape index (κ2) is 3.75. The van der Waals surface area contributed by atoms with Crippen molar-refractivity contribution in [1.82, 2.24) is 9.97 Å². The first-order valence-corrected chi connectivity index (χ1v) is 4.88. The predicted molar refractivity (Wildman–Crippen MR) is 59.6 cm³/mol. The Kier molecular flexibility index (Phi) is 2.45. The number of nitrogens with zero attached hydrogens (tertiary/aromatic N) is 2. The van der Waals surface area contributed by atoms with Gasteiger partial charge in [0.05, 0.1) is 17.6 Å². The van der Waals surface area contributed by atoms with Crippen LogP contribution in [0.15, 0.2) is 41.3 Å². The summed E-state index contributed by atoms with van der Waals surface area (Å²) in [5, 5.41) is 0. The zero-order valence-corrected chi connectivity index (χ0v) is 8.90. The lowest BCUT2D eigenvalue weighted by atomic mass is 10.2. The molecule has 0 aliphatic heterocycles. The highest BCUT2D eigenvalue weighted by Gasteiger charge is 2.01. The minimum absolute atomic E-state index is 0.637. The maximum atomic E-state index is 5.64. The summed E-state index contributed by atoms with van der Waals surface area (Å²) in [4.78, 5) is 8.24. The van der Waals surface area contributed by atoms with Crippen LogP contribution >= 0.6 is 15.9 Å². The zero-order valence-electron chi connectivity index (χ0n) is 7.31. The maximum absolute atomic E-state index is 5.64. The predicted octanol–water partition coefficient (Wildman–Crippen LogP) is 2.49. The van der Waals surface area contributed by atoms with Crippen molar-refractivity contribution in [2.45, 2.75) is 0 Å². The second-order valence-electron chi connectivity index (χ2n) is 2.83. The van der Waals surface area contributed by atoms with Crippen molar-refractivity contribution in [3.63, 3.8) is 0 Å². The van der Waals surface area contributed by atoms with Gasteiger partial charge in [-0.3, -0.25) is 9.97 Å². The molecule has 2 aromatic rings. The molecule has 4 heteroatoms. The van der Waals surface area contributed by atoms with Gasteiger partial charge in [0.15, 0.2) is 0 Å². The molecule has 0 bridgehead atoms. The molecule has 14 heavy (non-hydrogen) atoms. The number of aromatic nitrogens is 2. The van der Waals surface area contributed by atoms with Gasteiger partial charge in [0.1, 0.15) is 0 Å². The molecule has 0 saturated carbocycles. The standard InChI is InChI=1S/C10H8BrN3/c11-8-4-10(14-6-9(8)12)7-2-1-3-13-5-7/h1-6H,12H2. The second-order valence-corrected chi connectivity index (χ2v) is 3.69. The molecule has 0 saturated heterocycles. The molecule has 0 aromatic carbocycles. The molecule has 0 radical (unpaired) electrons. The van der Waals surface area contributed by atoms with E-state index in [1.165, 1.54) is 0 Å². The molecule has 2 aromatic heterocycles. The third-order valence-electron chi connectivity index (χ3n) is 1.84. The summed E-state index contributed by atoms with van der Waals surface area (Å²) in [6.07, 6.45) is 5.13. The van der Waals surface area contributed by atoms with Crippen LogP contribution in [-0.4, -0.2) is 9.97 Å². The summed E-state index contributed by atoms with van der Waals surface area (Å²) in [6, 6.07) is 5.71. The van der Waals surface area contributed by atoms with Crippen LogP contribution in [0, 0.1) is 0 Å². The Morgan fingerprint density at radius 1 is 1.29 bits per heavy atom. The van der Waals surface area contributed by atoms with Crippen LogP contribution in [0.5, 0.6) is 0 Å². The van der Waals surface area contributed by atoms with Crippen LogP contribution in [0.25, 0.3) is 11.3 Å². The van der Waals surface area contributed by atoms with Crippen LogP contribution in [-0.2, 0) is 0 Å². The third kappa shape index (κ3) is 1.75. The summed E-state index contributed by atoms with van der Waals surface area (Å²) in [7, 11) is 0. The summed E-state index contributed by atoms with van der Waals surface area (Å²) < 4.78 is 0.853. The van der Waals surface area contributed by atoms with Gasteiger partial charge in [0.2, 0.25) is 0 Å². The Hall–Kier alpha value is -1.42. The summed E-state index contributed by atoms with van der Waals surface area (Å²) in [6.45, 7) is 0. The van der Waals surface area contributed by atoms with Gasteiger partial charge in [-0.1, -0.05) is 0 Å². The van der Waals surface area contributed by atoms with Gasteiger partial charge in [-0.05, 0) is 34.1 Å². The lowest BCUT2D eigenvalue weighted by Gasteiger charge is -2.02. The van der Waals surface area contributed by atoms with Gasteiger partial charge >= 0.3 is 0 Å². The van der Waals surface area contributed by atoms with Crippen LogP contribution < -0.4 is 5.73 Å². The maximum Gasteiger partial charge on any atom is 0.0730 e. The largest absolute Gasteiger partial charge is 0.397 e. The molecular weight excluding hydrogens is 242 g/mol. The van der Waals surface area contributed by atoms with E-state index in [9.17, 15) is 0 Å². The van der Waals surface area contributed by atoms with Crippen molar-refractivity contribution in [1.29, 1.82) is 0 Å². The number of anilines is 1. The van der Waals surface area contributed by atoms with Crippen LogP contribution in [0.1, 0.15) is 0 Å². The molecular formula is C10H8BrN3. The van der Waals surface area contributed by atoms with Gasteiger partial charge in [0.25, 0.3) is 0 Å². The van der Waals surface area contributed by atoms with E-state index in [2.05, 4.69) is 25.9 Å². The summed E-state index contributed by atoms with van der Waals surface area (Å²) in [5.41, 5.74) is 8.12. The Morgan fingerprint density at radius 3 is 2.79 bits per heavy atom. The summed E-state index contributed by atoms with van der Waals surface area (Å²) >= 11 is 3.36. The first-order chi connectivity index (χ1) is 6.77. The zero-order chi connectivity index (χ0) is 9.97. The SMILES string of the molecule is Nc1cnc(-c2cccnc2)cc1Br. The Morgan fingerprint density at radius 2 is 2.14 bits per heavy atom. The van der Waals surface area contributed by atoms with E-state index in [4.69, 9.17) is 5.73 Å². The Bertz CT molecular complexity index is 442. The minimum Gasteiger partial charge on any atom is -0.397 e. The molecule has 0 amide bonds. The Labute approximate surface area is 90.1 Å². The average Bonchev–Trinajstić information content (AvgIpc) is 2.23. The minimum atomic E-state index is 0.637. The van der Waals surface area contributed by atoms with Gasteiger partial charge in [-0.25, -0.2) is 0 Å². The van der Waals surface area contributed by atoms with Crippen molar-refractivity contribution in [2.24, 2.45) is 0 Å². The lowest BCUT2D eigenvalue weighted by molar-refractivity contribution is 1.27. The average molecular weight is 250 g/mol. The van der Waals surface area contributed by atoms with Crippen molar-refractivity contribution >= 4 is 21.6 Å². The third-order valence-corrected chi connectivity index (χ3v) is 2.53. The highest BCUT2D eigenvalue weighted by molar-refractivity contribution is 9.10. The van der Waals surface area contributed by atoms with Crippen molar-refractivity contribution in [2.75, 3.05) is 5.73 Å². The van der Waals surface area contributed by atoms with Gasteiger partial charge in [-0.2, -0.15) is 0 Å². The molecule has 0 spiro atoms. The summed E-state index contributed by atoms with van der Waals surface area (Å²) in [5.74, 6) is 0. The van der Waals surface area contributed by atoms with Gasteiger partial charge in [-0.15, -0.1) is 0 Å². The number of rotatable bonds is 1. The topological polar surface area (TPSA) is 51.8 Å². The van der Waals surface area contributed by atoms with E-state index in [-0.39, 0.29) is 0 Å². The number of nitrogen functional groups attached to an aromatic ring is 1. The van der Waals surface area contributed by atoms with Crippen molar-refractivity contribution in [3.05, 3.63) is 41.3 Å². The molecule has 0 aliphatic carbocycles. The highest BCUT2D eigenvalue weighted by atomic mass is 79.9. The number of hydrogen-bond donors (Lipinski definition) is 1. The monoisotopic (exact) mass is 249 g/mol. The van der Waals surface area contributed by atoms with Gasteiger partial charge in [0, 0.05) is 22.4 Å². The van der Waals surface area contributed by atoms with Crippen molar-refractivity contribution in [3.8, 4) is 11.3 Å². The molecule has 2 rings (SSSR count). The highest BCUT2D eigenvalue weighted by Crippen LogP contribution is 2.23.